The molecule has 3 aromatic heterocycles. The molecule has 1 aliphatic rings. The van der Waals surface area contributed by atoms with Crippen molar-refractivity contribution in [3.63, 3.8) is 0 Å². The molecule has 9 heteroatoms. The van der Waals surface area contributed by atoms with Crippen LogP contribution in [0.1, 0.15) is 22.2 Å². The molecule has 4 aromatic rings. The average Bonchev–Trinajstić information content (AvgIpc) is 3.05. The number of pyridine rings is 2. The van der Waals surface area contributed by atoms with E-state index in [1.54, 1.807) is 6.07 Å². The van der Waals surface area contributed by atoms with Gasteiger partial charge in [-0.3, -0.25) is 4.79 Å². The van der Waals surface area contributed by atoms with E-state index >= 15 is 0 Å². The smallest absolute Gasteiger partial charge is 0.263 e. The quantitative estimate of drug-likeness (QED) is 0.423. The third kappa shape index (κ3) is 2.98. The topological polar surface area (TPSA) is 103 Å². The minimum Gasteiger partial charge on any atom is -0.381 e. The van der Waals surface area contributed by atoms with E-state index in [2.05, 4.69) is 25.9 Å². The molecule has 1 amide bonds. The van der Waals surface area contributed by atoms with E-state index in [0.717, 1.165) is 32.7 Å². The number of thiophene rings is 1. The number of carbonyl (C=O) groups excluding carboxylic acids is 1. The Hall–Kier alpha value is -3.77. The summed E-state index contributed by atoms with van der Waals surface area (Å²) in [5.41, 5.74) is 2.07. The average molecular weight is 418 g/mol. The maximum atomic E-state index is 13.5. The highest BCUT2D eigenvalue weighted by molar-refractivity contribution is 7.21. The number of nitrogens with one attached hydrogen (secondary N) is 3. The van der Waals surface area contributed by atoms with Crippen LogP contribution in [0, 0.1) is 17.3 Å². The number of nitriles is 1. The van der Waals surface area contributed by atoms with Crippen LogP contribution in [0.4, 0.5) is 21.6 Å². The lowest BCUT2D eigenvalue weighted by molar-refractivity contribution is 0.0949. The predicted molar refractivity (Wildman–Crippen MR) is 115 cm³/mol. The molecule has 0 spiro atoms. The minimum atomic E-state index is -0.682. The molecule has 148 valence electrons. The summed E-state index contributed by atoms with van der Waals surface area (Å²) in [6.07, 6.45) is 1.18. The predicted octanol–water partition coefficient (Wildman–Crippen LogP) is 4.14. The number of aromatic nitrogens is 2. The van der Waals surface area contributed by atoms with Crippen molar-refractivity contribution >= 4 is 55.4 Å². The third-order valence-electron chi connectivity index (χ3n) is 4.94. The second-order valence-corrected chi connectivity index (χ2v) is 8.11. The van der Waals surface area contributed by atoms with Crippen molar-refractivity contribution in [2.45, 2.75) is 13.0 Å². The van der Waals surface area contributed by atoms with Crippen LogP contribution in [0.15, 0.2) is 36.5 Å². The highest BCUT2D eigenvalue weighted by atomic mass is 32.1. The number of halogens is 1. The molecular weight excluding hydrogens is 403 g/mol. The number of rotatable bonds is 2. The number of anilines is 3. The van der Waals surface area contributed by atoms with Crippen LogP contribution in [0.3, 0.4) is 0 Å². The summed E-state index contributed by atoms with van der Waals surface area (Å²) in [6, 6.07) is 10.7. The molecule has 0 saturated heterocycles. The molecular formula is C21H15FN6OS. The SMILES string of the molecule is C[C@H]1CNc2c(sc3ccc4nc(Nc5cc(F)ncc5C#N)ccc4c23)C(=O)N1. The van der Waals surface area contributed by atoms with Gasteiger partial charge in [0.25, 0.3) is 5.91 Å². The maximum Gasteiger partial charge on any atom is 0.263 e. The fourth-order valence-corrected chi connectivity index (χ4v) is 4.65. The van der Waals surface area contributed by atoms with Crippen LogP contribution < -0.4 is 16.0 Å². The summed E-state index contributed by atoms with van der Waals surface area (Å²) in [5.74, 6) is -0.282. The number of fused-ring (bicyclic) bond motifs is 5. The Morgan fingerprint density at radius 1 is 1.33 bits per heavy atom. The Balaban J connectivity index is 1.62. The van der Waals surface area contributed by atoms with Crippen molar-refractivity contribution in [1.29, 1.82) is 5.26 Å². The Morgan fingerprint density at radius 2 is 2.20 bits per heavy atom. The van der Waals surface area contributed by atoms with E-state index in [4.69, 9.17) is 0 Å². The largest absolute Gasteiger partial charge is 0.381 e. The van der Waals surface area contributed by atoms with Gasteiger partial charge in [-0.05, 0) is 31.2 Å². The van der Waals surface area contributed by atoms with Gasteiger partial charge in [-0.2, -0.15) is 9.65 Å². The van der Waals surface area contributed by atoms with E-state index < -0.39 is 5.95 Å². The molecule has 7 nitrogen and oxygen atoms in total. The van der Waals surface area contributed by atoms with E-state index in [0.29, 0.717) is 22.9 Å². The van der Waals surface area contributed by atoms with Gasteiger partial charge in [0.1, 0.15) is 16.8 Å². The van der Waals surface area contributed by atoms with E-state index in [-0.39, 0.29) is 17.5 Å². The van der Waals surface area contributed by atoms with Gasteiger partial charge in [0.2, 0.25) is 5.95 Å². The van der Waals surface area contributed by atoms with Gasteiger partial charge in [-0.1, -0.05) is 0 Å². The molecule has 0 fully saturated rings. The van der Waals surface area contributed by atoms with Crippen molar-refractivity contribution in [2.75, 3.05) is 17.2 Å². The van der Waals surface area contributed by atoms with Crippen LogP contribution >= 0.6 is 11.3 Å². The highest BCUT2D eigenvalue weighted by Gasteiger charge is 2.24. The number of amides is 1. The van der Waals surface area contributed by atoms with Gasteiger partial charge in [0.15, 0.2) is 0 Å². The monoisotopic (exact) mass is 418 g/mol. The van der Waals surface area contributed by atoms with Gasteiger partial charge < -0.3 is 16.0 Å². The standard InChI is InChI=1S/C21H15FN6OS/c1-10-8-25-19-18-12-2-5-17(28-14-6-16(22)24-9-11(14)7-23)27-13(12)3-4-15(18)30-20(19)21(29)26-10/h2-6,9-10,25H,8H2,1H3,(H,26,29)(H,24,27,28)/t10-/m0/s1. The van der Waals surface area contributed by atoms with Crippen molar-refractivity contribution in [3.8, 4) is 6.07 Å². The Bertz CT molecular complexity index is 1380. The summed E-state index contributed by atoms with van der Waals surface area (Å²) in [7, 11) is 0. The number of hydrogen-bond acceptors (Lipinski definition) is 7. The number of benzene rings is 1. The van der Waals surface area contributed by atoms with Gasteiger partial charge in [-0.15, -0.1) is 11.3 Å². The zero-order valence-electron chi connectivity index (χ0n) is 15.8. The second kappa shape index (κ2) is 6.93. The van der Waals surface area contributed by atoms with E-state index in [1.807, 2.05) is 31.2 Å². The molecule has 0 unspecified atom stereocenters. The van der Waals surface area contributed by atoms with Crippen molar-refractivity contribution in [2.24, 2.45) is 0 Å². The molecule has 3 N–H and O–H groups in total. The van der Waals surface area contributed by atoms with E-state index in [9.17, 15) is 14.4 Å². The maximum absolute atomic E-state index is 13.5. The van der Waals surface area contributed by atoms with Crippen LogP contribution in [-0.4, -0.2) is 28.5 Å². The molecule has 0 aliphatic carbocycles. The van der Waals surface area contributed by atoms with Gasteiger partial charge in [0.05, 0.1) is 28.7 Å². The molecule has 0 saturated carbocycles. The van der Waals surface area contributed by atoms with Crippen molar-refractivity contribution < 1.29 is 9.18 Å². The van der Waals surface area contributed by atoms with Crippen molar-refractivity contribution in [1.82, 2.24) is 15.3 Å². The number of nitrogens with zero attached hydrogens (tertiary/aromatic N) is 3. The molecule has 5 rings (SSSR count). The summed E-state index contributed by atoms with van der Waals surface area (Å²) in [4.78, 5) is 21.3. The zero-order chi connectivity index (χ0) is 20.8. The highest BCUT2D eigenvalue weighted by Crippen LogP contribution is 2.41. The van der Waals surface area contributed by atoms with Crippen LogP contribution in [0.2, 0.25) is 0 Å². The third-order valence-corrected chi connectivity index (χ3v) is 6.10. The molecule has 4 heterocycles. The molecule has 0 bridgehead atoms. The number of hydrogen-bond donors (Lipinski definition) is 3. The van der Waals surface area contributed by atoms with Crippen molar-refractivity contribution in [3.05, 3.63) is 52.9 Å². The van der Waals surface area contributed by atoms with Gasteiger partial charge in [-0.25, -0.2) is 9.97 Å². The summed E-state index contributed by atoms with van der Waals surface area (Å²) >= 11 is 1.45. The fraction of sp³-hybridized carbons (Fsp3) is 0.143. The van der Waals surface area contributed by atoms with Gasteiger partial charge in [0, 0.05) is 34.1 Å². The second-order valence-electron chi connectivity index (χ2n) is 7.05. The first-order valence-electron chi connectivity index (χ1n) is 9.27. The fourth-order valence-electron chi connectivity index (χ4n) is 3.56. The summed E-state index contributed by atoms with van der Waals surface area (Å²) in [5, 5.41) is 20.5. The minimum absolute atomic E-state index is 0.0335. The lowest BCUT2D eigenvalue weighted by Gasteiger charge is -2.11. The van der Waals surface area contributed by atoms with E-state index in [1.165, 1.54) is 17.5 Å². The first-order valence-corrected chi connectivity index (χ1v) is 10.1. The first-order chi connectivity index (χ1) is 14.5. The normalized spacial score (nSPS) is 15.8. The van der Waals surface area contributed by atoms with Gasteiger partial charge >= 0.3 is 0 Å². The zero-order valence-corrected chi connectivity index (χ0v) is 16.6. The summed E-state index contributed by atoms with van der Waals surface area (Å²) in [6.45, 7) is 2.59. The molecule has 30 heavy (non-hydrogen) atoms. The Labute approximate surface area is 174 Å². The lowest BCUT2D eigenvalue weighted by Crippen LogP contribution is -2.34. The molecule has 0 radical (unpaired) electrons. The van der Waals surface area contributed by atoms with Crippen LogP contribution in [0.25, 0.3) is 21.0 Å². The molecule has 1 aliphatic heterocycles. The Morgan fingerprint density at radius 3 is 3.03 bits per heavy atom. The number of carbonyl (C=O) groups is 1. The van der Waals surface area contributed by atoms with Crippen LogP contribution in [-0.2, 0) is 0 Å². The lowest BCUT2D eigenvalue weighted by atomic mass is 10.1. The summed E-state index contributed by atoms with van der Waals surface area (Å²) < 4.78 is 14.5. The Kier molecular flexibility index (Phi) is 4.22. The van der Waals surface area contributed by atoms with Crippen LogP contribution in [0.5, 0.6) is 0 Å². The first kappa shape index (κ1) is 18.3. The molecule has 1 aromatic carbocycles. The molecule has 1 atom stereocenters.